The fourth-order valence-electron chi connectivity index (χ4n) is 5.28. The number of amides is 2. The molecule has 3 aliphatic rings. The maximum atomic E-state index is 13.4. The fraction of sp³-hybridized carbons (Fsp3) is 0.440. The highest BCUT2D eigenvalue weighted by Crippen LogP contribution is 2.50. The lowest BCUT2D eigenvalue weighted by molar-refractivity contribution is -0.137. The number of rotatable bonds is 5. The van der Waals surface area contributed by atoms with Crippen LogP contribution in [0.3, 0.4) is 0 Å². The number of piperidine rings is 2. The highest BCUT2D eigenvalue weighted by Gasteiger charge is 2.54. The standard InChI is InChI=1S/C25H26ClF3N2O3/c1-2-34-23(33)31-15-16-11-13-24(31,14-12-16)21(17-7-4-3-5-8-17)30-22(32)18-9-6-10-19(20(18)26)25(27,28)29/h3-10,16,21H,2,11-15H2,1H3,(H,30,32). The molecule has 1 unspecified atom stereocenters. The normalized spacial score (nSPS) is 22.9. The molecule has 1 aliphatic carbocycles. The van der Waals surface area contributed by atoms with E-state index in [0.29, 0.717) is 25.3 Å². The molecule has 1 saturated carbocycles. The topological polar surface area (TPSA) is 58.6 Å². The van der Waals surface area contributed by atoms with Crippen LogP contribution in [0.4, 0.5) is 18.0 Å². The first-order chi connectivity index (χ1) is 16.2. The van der Waals surface area contributed by atoms with E-state index in [1.54, 1.807) is 11.8 Å². The van der Waals surface area contributed by atoms with E-state index in [0.717, 1.165) is 30.5 Å². The van der Waals surface area contributed by atoms with Crippen LogP contribution in [0.5, 0.6) is 0 Å². The van der Waals surface area contributed by atoms with Gasteiger partial charge in [0, 0.05) is 6.54 Å². The number of fused-ring (bicyclic) bond motifs is 3. The highest BCUT2D eigenvalue weighted by atomic mass is 35.5. The number of nitrogens with zero attached hydrogens (tertiary/aromatic N) is 1. The van der Waals surface area contributed by atoms with E-state index >= 15 is 0 Å². The lowest BCUT2D eigenvalue weighted by Gasteiger charge is -2.57. The van der Waals surface area contributed by atoms with E-state index in [2.05, 4.69) is 5.32 Å². The second kappa shape index (κ2) is 9.49. The van der Waals surface area contributed by atoms with Crippen LogP contribution in [0.25, 0.3) is 0 Å². The molecule has 1 N–H and O–H groups in total. The highest BCUT2D eigenvalue weighted by molar-refractivity contribution is 6.34. The molecule has 182 valence electrons. The summed E-state index contributed by atoms with van der Waals surface area (Å²) in [5.41, 5.74) is -1.33. The van der Waals surface area contributed by atoms with E-state index < -0.39 is 40.3 Å². The quantitative estimate of drug-likeness (QED) is 0.536. The predicted octanol–water partition coefficient (Wildman–Crippen LogP) is 6.23. The van der Waals surface area contributed by atoms with Crippen LogP contribution in [-0.2, 0) is 10.9 Å². The molecule has 2 aromatic carbocycles. The van der Waals surface area contributed by atoms with Crippen molar-refractivity contribution < 1.29 is 27.5 Å². The molecule has 5 rings (SSSR count). The van der Waals surface area contributed by atoms with Crippen LogP contribution in [0.1, 0.15) is 60.1 Å². The average Bonchev–Trinajstić information content (AvgIpc) is 2.83. The largest absolute Gasteiger partial charge is 0.450 e. The third-order valence-corrected chi connectivity index (χ3v) is 7.34. The summed E-state index contributed by atoms with van der Waals surface area (Å²) in [5, 5.41) is 2.30. The molecule has 5 nitrogen and oxygen atoms in total. The Bertz CT molecular complexity index is 1050. The Balaban J connectivity index is 1.75. The number of carbonyl (C=O) groups excluding carboxylic acids is 2. The van der Waals surface area contributed by atoms with Gasteiger partial charge in [-0.25, -0.2) is 4.79 Å². The molecule has 2 bridgehead atoms. The zero-order chi connectivity index (χ0) is 24.5. The van der Waals surface area contributed by atoms with Crippen molar-refractivity contribution in [1.29, 1.82) is 0 Å². The van der Waals surface area contributed by atoms with E-state index in [9.17, 15) is 22.8 Å². The van der Waals surface area contributed by atoms with Gasteiger partial charge < -0.3 is 10.1 Å². The summed E-state index contributed by atoms with van der Waals surface area (Å²) < 4.78 is 45.4. The number of carbonyl (C=O) groups is 2. The molecule has 2 amide bonds. The van der Waals surface area contributed by atoms with Gasteiger partial charge in [0.05, 0.1) is 34.3 Å². The smallest absolute Gasteiger partial charge is 0.417 e. The number of benzene rings is 2. The van der Waals surface area contributed by atoms with Gasteiger partial charge >= 0.3 is 12.3 Å². The molecule has 9 heteroatoms. The van der Waals surface area contributed by atoms with Gasteiger partial charge in [-0.2, -0.15) is 13.2 Å². The van der Waals surface area contributed by atoms with Crippen molar-refractivity contribution in [3.8, 4) is 0 Å². The van der Waals surface area contributed by atoms with Crippen LogP contribution in [0, 0.1) is 5.92 Å². The van der Waals surface area contributed by atoms with E-state index in [4.69, 9.17) is 16.3 Å². The molecular weight excluding hydrogens is 469 g/mol. The SMILES string of the molecule is CCOC(=O)N1CC2CCC1(C(NC(=O)c1cccc(C(F)(F)F)c1Cl)c1ccccc1)CC2. The minimum atomic E-state index is -4.69. The third kappa shape index (κ3) is 4.48. The summed E-state index contributed by atoms with van der Waals surface area (Å²) in [7, 11) is 0. The number of hydrogen-bond acceptors (Lipinski definition) is 3. The number of alkyl halides is 3. The van der Waals surface area contributed by atoms with Crippen molar-refractivity contribution in [1.82, 2.24) is 10.2 Å². The minimum absolute atomic E-state index is 0.221. The molecule has 2 aromatic rings. The first-order valence-corrected chi connectivity index (χ1v) is 11.7. The van der Waals surface area contributed by atoms with Gasteiger partial charge in [0.15, 0.2) is 0 Å². The van der Waals surface area contributed by atoms with Gasteiger partial charge in [-0.15, -0.1) is 0 Å². The van der Waals surface area contributed by atoms with Gasteiger partial charge in [0.25, 0.3) is 5.91 Å². The van der Waals surface area contributed by atoms with E-state index in [-0.39, 0.29) is 12.2 Å². The number of halogens is 4. The Kier molecular flexibility index (Phi) is 6.80. The van der Waals surface area contributed by atoms with Crippen LogP contribution < -0.4 is 5.32 Å². The van der Waals surface area contributed by atoms with Crippen molar-refractivity contribution in [3.05, 3.63) is 70.2 Å². The van der Waals surface area contributed by atoms with Crippen molar-refractivity contribution in [2.24, 2.45) is 5.92 Å². The molecular formula is C25H26ClF3N2O3. The second-order valence-electron chi connectivity index (χ2n) is 8.84. The molecule has 0 spiro atoms. The maximum absolute atomic E-state index is 13.4. The number of ether oxygens (including phenoxy) is 1. The van der Waals surface area contributed by atoms with Crippen molar-refractivity contribution >= 4 is 23.6 Å². The Morgan fingerprint density at radius 1 is 1.15 bits per heavy atom. The number of nitrogens with one attached hydrogen (secondary N) is 1. The Hall–Kier alpha value is -2.74. The zero-order valence-corrected chi connectivity index (χ0v) is 19.5. The van der Waals surface area contributed by atoms with Gasteiger partial charge in [-0.05, 0) is 56.2 Å². The van der Waals surface area contributed by atoms with Crippen LogP contribution in [0.15, 0.2) is 48.5 Å². The lowest BCUT2D eigenvalue weighted by atomic mass is 9.65. The molecule has 0 aromatic heterocycles. The summed E-state index contributed by atoms with van der Waals surface area (Å²) in [4.78, 5) is 28.0. The predicted molar refractivity (Wildman–Crippen MR) is 122 cm³/mol. The summed E-state index contributed by atoms with van der Waals surface area (Å²) in [6.45, 7) is 2.47. The first-order valence-electron chi connectivity index (χ1n) is 11.3. The third-order valence-electron chi connectivity index (χ3n) is 6.93. The molecule has 3 fully saturated rings. The van der Waals surface area contributed by atoms with Gasteiger partial charge in [-0.1, -0.05) is 48.0 Å². The molecule has 0 radical (unpaired) electrons. The van der Waals surface area contributed by atoms with Gasteiger partial charge in [0.1, 0.15) is 0 Å². The minimum Gasteiger partial charge on any atom is -0.450 e. The fourth-order valence-corrected chi connectivity index (χ4v) is 5.60. The van der Waals surface area contributed by atoms with Gasteiger partial charge in [-0.3, -0.25) is 9.69 Å². The molecule has 2 heterocycles. The van der Waals surface area contributed by atoms with Crippen molar-refractivity contribution in [2.75, 3.05) is 13.2 Å². The summed E-state index contributed by atoms with van der Waals surface area (Å²) >= 11 is 6.03. The van der Waals surface area contributed by atoms with E-state index in [1.807, 2.05) is 30.3 Å². The summed E-state index contributed by atoms with van der Waals surface area (Å²) in [6.07, 6.45) is -2.06. The molecule has 2 saturated heterocycles. The van der Waals surface area contributed by atoms with E-state index in [1.165, 1.54) is 6.07 Å². The average molecular weight is 495 g/mol. The monoisotopic (exact) mass is 494 g/mol. The first kappa shape index (κ1) is 24.4. The zero-order valence-electron chi connectivity index (χ0n) is 18.7. The molecule has 1 atom stereocenters. The summed E-state index contributed by atoms with van der Waals surface area (Å²) in [5.74, 6) is -0.368. The van der Waals surface area contributed by atoms with Gasteiger partial charge in [0.2, 0.25) is 0 Å². The van der Waals surface area contributed by atoms with Crippen LogP contribution >= 0.6 is 11.6 Å². The maximum Gasteiger partial charge on any atom is 0.417 e. The second-order valence-corrected chi connectivity index (χ2v) is 9.22. The lowest BCUT2D eigenvalue weighted by Crippen LogP contribution is -2.65. The Morgan fingerprint density at radius 3 is 2.44 bits per heavy atom. The Morgan fingerprint density at radius 2 is 1.82 bits per heavy atom. The Labute approximate surface area is 201 Å². The molecule has 34 heavy (non-hydrogen) atoms. The number of hydrogen-bond donors (Lipinski definition) is 1. The van der Waals surface area contributed by atoms with Crippen molar-refractivity contribution in [2.45, 2.75) is 50.4 Å². The summed E-state index contributed by atoms with van der Waals surface area (Å²) in [6, 6.07) is 11.8. The van der Waals surface area contributed by atoms with Crippen LogP contribution in [0.2, 0.25) is 5.02 Å². The van der Waals surface area contributed by atoms with Crippen LogP contribution in [-0.4, -0.2) is 35.6 Å². The van der Waals surface area contributed by atoms with Crippen molar-refractivity contribution in [3.63, 3.8) is 0 Å². The molecule has 2 aliphatic heterocycles.